The summed E-state index contributed by atoms with van der Waals surface area (Å²) in [5.41, 5.74) is 5.80. The van der Waals surface area contributed by atoms with E-state index in [1.54, 1.807) is 0 Å². The Morgan fingerprint density at radius 3 is 2.11 bits per heavy atom. The summed E-state index contributed by atoms with van der Waals surface area (Å²) in [7, 11) is 2.08. The van der Waals surface area contributed by atoms with Crippen molar-refractivity contribution in [1.29, 1.82) is 0 Å². The van der Waals surface area contributed by atoms with Crippen molar-refractivity contribution < 1.29 is 0 Å². The first-order valence-electron chi connectivity index (χ1n) is 7.06. The van der Waals surface area contributed by atoms with Crippen molar-refractivity contribution in [2.24, 2.45) is 0 Å². The Morgan fingerprint density at radius 1 is 1.11 bits per heavy atom. The van der Waals surface area contributed by atoms with Crippen LogP contribution in [-0.4, -0.2) is 31.1 Å². The van der Waals surface area contributed by atoms with Gasteiger partial charge in [0.1, 0.15) is 0 Å². The van der Waals surface area contributed by atoms with Gasteiger partial charge in [-0.2, -0.15) is 0 Å². The van der Waals surface area contributed by atoms with Crippen LogP contribution in [0.1, 0.15) is 35.1 Å². The van der Waals surface area contributed by atoms with Crippen LogP contribution in [-0.2, 0) is 6.54 Å². The second kappa shape index (κ2) is 7.28. The quantitative estimate of drug-likeness (QED) is 0.916. The van der Waals surface area contributed by atoms with Gasteiger partial charge in [0.05, 0.1) is 0 Å². The summed E-state index contributed by atoms with van der Waals surface area (Å²) in [6.07, 6.45) is 2.56. The van der Waals surface area contributed by atoms with Crippen LogP contribution in [0.2, 0.25) is 0 Å². The molecular formula is C16H27ClN2. The average molecular weight is 283 g/mol. The van der Waals surface area contributed by atoms with E-state index in [2.05, 4.69) is 50.2 Å². The molecule has 1 aliphatic heterocycles. The van der Waals surface area contributed by atoms with Gasteiger partial charge >= 0.3 is 0 Å². The smallest absolute Gasteiger partial charge is 0.0239 e. The van der Waals surface area contributed by atoms with E-state index in [1.807, 2.05) is 0 Å². The molecule has 1 aliphatic rings. The number of likely N-dealkylation sites (tertiary alicyclic amines) is 1. The Balaban J connectivity index is 0.00000180. The van der Waals surface area contributed by atoms with Crippen LogP contribution in [0, 0.1) is 20.8 Å². The van der Waals surface area contributed by atoms with E-state index in [1.165, 1.54) is 48.2 Å². The number of piperidine rings is 1. The minimum atomic E-state index is 0. The Morgan fingerprint density at radius 2 is 1.63 bits per heavy atom. The average Bonchev–Trinajstić information content (AvgIpc) is 2.34. The van der Waals surface area contributed by atoms with Gasteiger partial charge in [-0.15, -0.1) is 12.4 Å². The zero-order valence-corrected chi connectivity index (χ0v) is 13.4. The summed E-state index contributed by atoms with van der Waals surface area (Å²) in [6.45, 7) is 10.2. The lowest BCUT2D eigenvalue weighted by Gasteiger charge is -2.32. The summed E-state index contributed by atoms with van der Waals surface area (Å²) in [4.78, 5) is 2.60. The van der Waals surface area contributed by atoms with E-state index < -0.39 is 0 Å². The van der Waals surface area contributed by atoms with Gasteiger partial charge in [-0.05, 0) is 70.4 Å². The second-order valence-electron chi connectivity index (χ2n) is 5.72. The lowest BCUT2D eigenvalue weighted by Crippen LogP contribution is -2.40. The van der Waals surface area contributed by atoms with Crippen molar-refractivity contribution in [1.82, 2.24) is 10.2 Å². The molecule has 0 bridgehead atoms. The van der Waals surface area contributed by atoms with Crippen molar-refractivity contribution in [3.8, 4) is 0 Å². The Labute approximate surface area is 124 Å². The topological polar surface area (TPSA) is 15.3 Å². The number of hydrogen-bond donors (Lipinski definition) is 1. The maximum absolute atomic E-state index is 3.39. The number of aryl methyl sites for hydroxylation is 3. The third kappa shape index (κ3) is 4.20. The molecule has 1 aromatic carbocycles. The minimum absolute atomic E-state index is 0. The van der Waals surface area contributed by atoms with Crippen molar-refractivity contribution in [3.63, 3.8) is 0 Å². The van der Waals surface area contributed by atoms with Gasteiger partial charge in [0.25, 0.3) is 0 Å². The zero-order chi connectivity index (χ0) is 13.1. The van der Waals surface area contributed by atoms with E-state index in [-0.39, 0.29) is 12.4 Å². The Bertz CT molecular complexity index is 386. The Kier molecular flexibility index (Phi) is 6.31. The third-order valence-electron chi connectivity index (χ3n) is 4.22. The van der Waals surface area contributed by atoms with Gasteiger partial charge < -0.3 is 5.32 Å². The van der Waals surface area contributed by atoms with E-state index in [0.29, 0.717) is 0 Å². The van der Waals surface area contributed by atoms with Crippen LogP contribution in [0.5, 0.6) is 0 Å². The molecule has 0 spiro atoms. The number of halogens is 1. The molecule has 0 atom stereocenters. The highest BCUT2D eigenvalue weighted by molar-refractivity contribution is 5.85. The fourth-order valence-corrected chi connectivity index (χ4v) is 3.06. The molecule has 1 aromatic rings. The molecule has 1 fully saturated rings. The maximum Gasteiger partial charge on any atom is 0.0239 e. The molecule has 2 rings (SSSR count). The number of benzene rings is 1. The van der Waals surface area contributed by atoms with Crippen LogP contribution < -0.4 is 5.32 Å². The fraction of sp³-hybridized carbons (Fsp3) is 0.625. The summed E-state index contributed by atoms with van der Waals surface area (Å²) < 4.78 is 0. The molecule has 0 amide bonds. The zero-order valence-electron chi connectivity index (χ0n) is 12.6. The van der Waals surface area contributed by atoms with Gasteiger partial charge in [0.2, 0.25) is 0 Å². The van der Waals surface area contributed by atoms with Crippen molar-refractivity contribution in [2.75, 3.05) is 20.1 Å². The number of nitrogens with zero attached hydrogens (tertiary/aromatic N) is 1. The molecule has 108 valence electrons. The fourth-order valence-electron chi connectivity index (χ4n) is 3.06. The Hall–Kier alpha value is -0.570. The number of hydrogen-bond acceptors (Lipinski definition) is 2. The molecule has 0 radical (unpaired) electrons. The minimum Gasteiger partial charge on any atom is -0.317 e. The first kappa shape index (κ1) is 16.5. The van der Waals surface area contributed by atoms with Crippen LogP contribution >= 0.6 is 12.4 Å². The predicted molar refractivity (Wildman–Crippen MR) is 85.3 cm³/mol. The molecule has 0 aromatic heterocycles. The van der Waals surface area contributed by atoms with Gasteiger partial charge in [0.15, 0.2) is 0 Å². The van der Waals surface area contributed by atoms with Crippen LogP contribution in [0.25, 0.3) is 0 Å². The van der Waals surface area contributed by atoms with Gasteiger partial charge in [-0.3, -0.25) is 4.90 Å². The highest BCUT2D eigenvalue weighted by atomic mass is 35.5. The molecule has 1 N–H and O–H groups in total. The highest BCUT2D eigenvalue weighted by Crippen LogP contribution is 2.20. The lowest BCUT2D eigenvalue weighted by atomic mass is 9.98. The molecule has 0 saturated carbocycles. The molecule has 1 saturated heterocycles. The van der Waals surface area contributed by atoms with E-state index >= 15 is 0 Å². The normalized spacial score (nSPS) is 17.3. The molecule has 0 unspecified atom stereocenters. The van der Waals surface area contributed by atoms with Gasteiger partial charge in [-0.1, -0.05) is 17.7 Å². The van der Waals surface area contributed by atoms with E-state index in [0.717, 1.165) is 12.6 Å². The van der Waals surface area contributed by atoms with Gasteiger partial charge in [-0.25, -0.2) is 0 Å². The SMILES string of the molecule is CNC1CCN(Cc2c(C)cc(C)cc2C)CC1.Cl. The van der Waals surface area contributed by atoms with Crippen LogP contribution in [0.4, 0.5) is 0 Å². The third-order valence-corrected chi connectivity index (χ3v) is 4.22. The summed E-state index contributed by atoms with van der Waals surface area (Å²) in [5.74, 6) is 0. The van der Waals surface area contributed by atoms with Crippen molar-refractivity contribution in [3.05, 3.63) is 34.4 Å². The molecule has 2 nitrogen and oxygen atoms in total. The molecule has 0 aliphatic carbocycles. The molecular weight excluding hydrogens is 256 g/mol. The molecule has 19 heavy (non-hydrogen) atoms. The first-order valence-corrected chi connectivity index (χ1v) is 7.06. The summed E-state index contributed by atoms with van der Waals surface area (Å²) >= 11 is 0. The summed E-state index contributed by atoms with van der Waals surface area (Å²) in [6, 6.07) is 5.34. The largest absolute Gasteiger partial charge is 0.317 e. The highest BCUT2D eigenvalue weighted by Gasteiger charge is 2.18. The molecule has 1 heterocycles. The predicted octanol–water partition coefficient (Wildman–Crippen LogP) is 3.22. The standard InChI is InChI=1S/C16H26N2.ClH/c1-12-9-13(2)16(14(3)10-12)11-18-7-5-15(17-4)6-8-18;/h9-10,15,17H,5-8,11H2,1-4H3;1H. The number of nitrogens with one attached hydrogen (secondary N) is 1. The summed E-state index contributed by atoms with van der Waals surface area (Å²) in [5, 5.41) is 3.39. The van der Waals surface area contributed by atoms with E-state index in [9.17, 15) is 0 Å². The van der Waals surface area contributed by atoms with Crippen molar-refractivity contribution >= 4 is 12.4 Å². The van der Waals surface area contributed by atoms with E-state index in [4.69, 9.17) is 0 Å². The molecule has 3 heteroatoms. The van der Waals surface area contributed by atoms with Gasteiger partial charge in [0, 0.05) is 12.6 Å². The number of rotatable bonds is 3. The van der Waals surface area contributed by atoms with Crippen molar-refractivity contribution in [2.45, 2.75) is 46.2 Å². The lowest BCUT2D eigenvalue weighted by molar-refractivity contribution is 0.194. The maximum atomic E-state index is 3.39. The van der Waals surface area contributed by atoms with Crippen LogP contribution in [0.3, 0.4) is 0 Å². The monoisotopic (exact) mass is 282 g/mol. The van der Waals surface area contributed by atoms with Crippen LogP contribution in [0.15, 0.2) is 12.1 Å². The first-order chi connectivity index (χ1) is 8.60. The second-order valence-corrected chi connectivity index (χ2v) is 5.72.